The highest BCUT2D eigenvalue weighted by Crippen LogP contribution is 2.35. The van der Waals surface area contributed by atoms with Crippen molar-refractivity contribution in [2.45, 2.75) is 6.36 Å². The maximum atomic E-state index is 12.4. The molecule has 1 heterocycles. The van der Waals surface area contributed by atoms with Crippen molar-refractivity contribution in [2.24, 2.45) is 0 Å². The molecular weight excluding hydrogens is 295 g/mol. The Kier molecular flexibility index (Phi) is 3.94. The van der Waals surface area contributed by atoms with Gasteiger partial charge in [0.05, 0.1) is 5.02 Å². The third-order valence-corrected chi connectivity index (χ3v) is 2.61. The Labute approximate surface area is 117 Å². The third-order valence-electron chi connectivity index (χ3n) is 2.40. The number of rotatable bonds is 3. The molecular formula is C13H7ClF3NO2. The lowest BCUT2D eigenvalue weighted by molar-refractivity contribution is -0.274. The number of carbonyl (C=O) groups is 1. The van der Waals surface area contributed by atoms with Crippen LogP contribution < -0.4 is 4.74 Å². The van der Waals surface area contributed by atoms with Crippen molar-refractivity contribution in [1.82, 2.24) is 4.98 Å². The van der Waals surface area contributed by atoms with Crippen LogP contribution in [-0.4, -0.2) is 17.6 Å². The molecule has 0 fully saturated rings. The van der Waals surface area contributed by atoms with E-state index in [1.54, 1.807) is 0 Å². The highest BCUT2D eigenvalue weighted by Gasteiger charge is 2.32. The van der Waals surface area contributed by atoms with Crippen LogP contribution in [0.2, 0.25) is 5.02 Å². The van der Waals surface area contributed by atoms with Crippen LogP contribution in [-0.2, 0) is 0 Å². The maximum absolute atomic E-state index is 12.4. The summed E-state index contributed by atoms with van der Waals surface area (Å²) in [5, 5.41) is 0.201. The smallest absolute Gasteiger partial charge is 0.405 e. The molecule has 0 aliphatic heterocycles. The number of benzene rings is 1. The van der Waals surface area contributed by atoms with E-state index in [0.717, 1.165) is 6.07 Å². The lowest BCUT2D eigenvalue weighted by Gasteiger charge is -2.14. The Bertz CT molecular complexity index is 644. The van der Waals surface area contributed by atoms with E-state index >= 15 is 0 Å². The van der Waals surface area contributed by atoms with Gasteiger partial charge in [-0.1, -0.05) is 29.8 Å². The second kappa shape index (κ2) is 5.50. The summed E-state index contributed by atoms with van der Waals surface area (Å²) in [4.78, 5) is 14.7. The van der Waals surface area contributed by atoms with Crippen molar-refractivity contribution < 1.29 is 22.7 Å². The molecule has 0 saturated carbocycles. The van der Waals surface area contributed by atoms with E-state index in [1.165, 1.54) is 30.5 Å². The molecule has 2 aromatic rings. The Hall–Kier alpha value is -2.08. The van der Waals surface area contributed by atoms with E-state index in [0.29, 0.717) is 6.29 Å². The number of aromatic nitrogens is 1. The predicted molar refractivity (Wildman–Crippen MR) is 66.8 cm³/mol. The van der Waals surface area contributed by atoms with Crippen molar-refractivity contribution in [3.8, 4) is 16.9 Å². The molecule has 2 rings (SSSR count). The van der Waals surface area contributed by atoms with Gasteiger partial charge in [0.1, 0.15) is 11.4 Å². The van der Waals surface area contributed by atoms with Gasteiger partial charge in [-0.15, -0.1) is 13.2 Å². The summed E-state index contributed by atoms with van der Waals surface area (Å²) in [6, 6.07) is 6.81. The van der Waals surface area contributed by atoms with Crippen molar-refractivity contribution in [1.29, 1.82) is 0 Å². The molecule has 20 heavy (non-hydrogen) atoms. The first-order valence-corrected chi connectivity index (χ1v) is 5.74. The zero-order chi connectivity index (χ0) is 14.8. The van der Waals surface area contributed by atoms with Gasteiger partial charge in [0.25, 0.3) is 0 Å². The van der Waals surface area contributed by atoms with E-state index in [1.807, 2.05) is 0 Å². The van der Waals surface area contributed by atoms with Gasteiger partial charge < -0.3 is 4.74 Å². The number of hydrogen-bond acceptors (Lipinski definition) is 3. The largest absolute Gasteiger partial charge is 0.573 e. The lowest BCUT2D eigenvalue weighted by atomic mass is 10.0. The molecule has 0 unspecified atom stereocenters. The first kappa shape index (κ1) is 14.3. The van der Waals surface area contributed by atoms with Crippen LogP contribution in [0.25, 0.3) is 11.1 Å². The molecule has 3 nitrogen and oxygen atoms in total. The van der Waals surface area contributed by atoms with E-state index in [-0.39, 0.29) is 21.8 Å². The van der Waals surface area contributed by atoms with Gasteiger partial charge in [0, 0.05) is 17.3 Å². The fourth-order valence-corrected chi connectivity index (χ4v) is 1.82. The van der Waals surface area contributed by atoms with Crippen LogP contribution in [0.15, 0.2) is 36.5 Å². The summed E-state index contributed by atoms with van der Waals surface area (Å²) in [6.45, 7) is 0. The molecule has 0 bridgehead atoms. The number of para-hydroxylation sites is 1. The van der Waals surface area contributed by atoms with Gasteiger partial charge in [0.2, 0.25) is 0 Å². The van der Waals surface area contributed by atoms with Crippen molar-refractivity contribution >= 4 is 17.9 Å². The number of pyridine rings is 1. The van der Waals surface area contributed by atoms with Crippen LogP contribution in [0.5, 0.6) is 5.75 Å². The van der Waals surface area contributed by atoms with Crippen molar-refractivity contribution in [3.63, 3.8) is 0 Å². The Morgan fingerprint density at radius 1 is 1.20 bits per heavy atom. The zero-order valence-corrected chi connectivity index (χ0v) is 10.6. The normalized spacial score (nSPS) is 11.2. The van der Waals surface area contributed by atoms with Crippen LogP contribution in [0.1, 0.15) is 10.5 Å². The lowest BCUT2D eigenvalue weighted by Crippen LogP contribution is -2.17. The van der Waals surface area contributed by atoms with Crippen LogP contribution in [0, 0.1) is 0 Å². The standard InChI is InChI=1S/C13H7ClF3NO2/c14-8-5-10(11(7-19)18-6-8)9-3-1-2-4-12(9)20-13(15,16)17/h1-7H. The van der Waals surface area contributed by atoms with Crippen LogP contribution >= 0.6 is 11.6 Å². The number of carbonyl (C=O) groups excluding carboxylic acids is 1. The molecule has 0 aliphatic carbocycles. The first-order valence-electron chi connectivity index (χ1n) is 5.36. The van der Waals surface area contributed by atoms with Crippen molar-refractivity contribution in [2.75, 3.05) is 0 Å². The van der Waals surface area contributed by atoms with Gasteiger partial charge in [0.15, 0.2) is 6.29 Å². The van der Waals surface area contributed by atoms with E-state index in [9.17, 15) is 18.0 Å². The highest BCUT2D eigenvalue weighted by atomic mass is 35.5. The fourth-order valence-electron chi connectivity index (χ4n) is 1.66. The molecule has 104 valence electrons. The van der Waals surface area contributed by atoms with Crippen LogP contribution in [0.3, 0.4) is 0 Å². The minimum Gasteiger partial charge on any atom is -0.405 e. The average molecular weight is 302 g/mol. The quantitative estimate of drug-likeness (QED) is 0.801. The number of hydrogen-bond donors (Lipinski definition) is 0. The number of alkyl halides is 3. The molecule has 0 atom stereocenters. The number of ether oxygens (including phenoxy) is 1. The summed E-state index contributed by atoms with van der Waals surface area (Å²) < 4.78 is 41.0. The van der Waals surface area contributed by atoms with Gasteiger partial charge in [-0.25, -0.2) is 0 Å². The summed E-state index contributed by atoms with van der Waals surface area (Å²) in [5.41, 5.74) is 0.238. The molecule has 7 heteroatoms. The first-order chi connectivity index (χ1) is 9.40. The second-order valence-corrected chi connectivity index (χ2v) is 4.18. The average Bonchev–Trinajstić information content (AvgIpc) is 2.37. The van der Waals surface area contributed by atoms with Gasteiger partial charge in [-0.05, 0) is 12.1 Å². The monoisotopic (exact) mass is 301 g/mol. The predicted octanol–water partition coefficient (Wildman–Crippen LogP) is 4.11. The number of aldehydes is 1. The van der Waals surface area contributed by atoms with E-state index in [2.05, 4.69) is 9.72 Å². The number of nitrogens with zero attached hydrogens (tertiary/aromatic N) is 1. The van der Waals surface area contributed by atoms with E-state index < -0.39 is 12.1 Å². The summed E-state index contributed by atoms with van der Waals surface area (Å²) in [7, 11) is 0. The molecule has 1 aromatic carbocycles. The minimum absolute atomic E-state index is 0.0207. The fraction of sp³-hybridized carbons (Fsp3) is 0.0769. The maximum Gasteiger partial charge on any atom is 0.573 e. The summed E-state index contributed by atoms with van der Waals surface area (Å²) >= 11 is 5.77. The Morgan fingerprint density at radius 3 is 2.55 bits per heavy atom. The zero-order valence-electron chi connectivity index (χ0n) is 9.82. The highest BCUT2D eigenvalue weighted by molar-refractivity contribution is 6.30. The summed E-state index contributed by atoms with van der Waals surface area (Å²) in [6.07, 6.45) is -3.15. The van der Waals surface area contributed by atoms with Gasteiger partial charge >= 0.3 is 6.36 Å². The van der Waals surface area contributed by atoms with Crippen molar-refractivity contribution in [3.05, 3.63) is 47.2 Å². The Balaban J connectivity index is 2.58. The van der Waals surface area contributed by atoms with Gasteiger partial charge in [-0.2, -0.15) is 0 Å². The van der Waals surface area contributed by atoms with E-state index in [4.69, 9.17) is 11.6 Å². The molecule has 0 amide bonds. The Morgan fingerprint density at radius 2 is 1.90 bits per heavy atom. The molecule has 0 spiro atoms. The van der Waals surface area contributed by atoms with Crippen LogP contribution in [0.4, 0.5) is 13.2 Å². The molecule has 1 aromatic heterocycles. The molecule has 0 N–H and O–H groups in total. The SMILES string of the molecule is O=Cc1ncc(Cl)cc1-c1ccccc1OC(F)(F)F. The molecule has 0 saturated heterocycles. The number of halogens is 4. The molecule has 0 radical (unpaired) electrons. The third kappa shape index (κ3) is 3.27. The second-order valence-electron chi connectivity index (χ2n) is 3.75. The topological polar surface area (TPSA) is 39.2 Å². The minimum atomic E-state index is -4.83. The van der Waals surface area contributed by atoms with Gasteiger partial charge in [-0.3, -0.25) is 9.78 Å². The summed E-state index contributed by atoms with van der Waals surface area (Å²) in [5.74, 6) is -0.424. The molecule has 0 aliphatic rings.